The molecule has 0 amide bonds. The lowest BCUT2D eigenvalue weighted by Gasteiger charge is -2.09. The summed E-state index contributed by atoms with van der Waals surface area (Å²) in [6.07, 6.45) is 0. The Balaban J connectivity index is 2.32. The zero-order valence-electron chi connectivity index (χ0n) is 11.7. The number of fused-ring (bicyclic) bond motifs is 1. The summed E-state index contributed by atoms with van der Waals surface area (Å²) in [7, 11) is 1.61. The quantitative estimate of drug-likeness (QED) is 0.677. The van der Waals surface area contributed by atoms with Crippen LogP contribution in [0, 0.1) is 12.7 Å². The standard InChI is InChI=1S/C16H14ClFN2O/c1-10-8-11(6-7-12(10)18)20-13-4-3-5-14(21-2)16(13)19-15(20)9-17/h3-8H,9H2,1-2H3. The number of ether oxygens (including phenoxy) is 1. The van der Waals surface area contributed by atoms with Gasteiger partial charge in [0.05, 0.1) is 18.5 Å². The summed E-state index contributed by atoms with van der Waals surface area (Å²) in [5.41, 5.74) is 3.05. The highest BCUT2D eigenvalue weighted by Gasteiger charge is 2.15. The van der Waals surface area contributed by atoms with Crippen molar-refractivity contribution in [2.24, 2.45) is 0 Å². The van der Waals surface area contributed by atoms with Crippen LogP contribution >= 0.6 is 11.6 Å². The maximum atomic E-state index is 13.5. The van der Waals surface area contributed by atoms with Crippen LogP contribution in [-0.2, 0) is 5.88 Å². The average molecular weight is 305 g/mol. The molecular weight excluding hydrogens is 291 g/mol. The fraction of sp³-hybridized carbons (Fsp3) is 0.188. The van der Waals surface area contributed by atoms with E-state index in [4.69, 9.17) is 16.3 Å². The smallest absolute Gasteiger partial charge is 0.146 e. The molecule has 0 saturated carbocycles. The van der Waals surface area contributed by atoms with Gasteiger partial charge in [0.25, 0.3) is 0 Å². The number of imidazole rings is 1. The molecular formula is C16H14ClFN2O. The van der Waals surface area contributed by atoms with Gasteiger partial charge in [0.2, 0.25) is 0 Å². The highest BCUT2D eigenvalue weighted by atomic mass is 35.5. The third-order valence-corrected chi connectivity index (χ3v) is 3.70. The number of methoxy groups -OCH3 is 1. The second-order valence-electron chi connectivity index (χ2n) is 4.76. The van der Waals surface area contributed by atoms with Gasteiger partial charge in [0, 0.05) is 5.69 Å². The van der Waals surface area contributed by atoms with Crippen LogP contribution in [-0.4, -0.2) is 16.7 Å². The number of aromatic nitrogens is 2. The monoisotopic (exact) mass is 304 g/mol. The van der Waals surface area contributed by atoms with E-state index >= 15 is 0 Å². The molecule has 1 heterocycles. The van der Waals surface area contributed by atoms with E-state index in [0.29, 0.717) is 17.1 Å². The molecule has 0 aliphatic heterocycles. The second kappa shape index (κ2) is 5.37. The molecule has 3 nitrogen and oxygen atoms in total. The van der Waals surface area contributed by atoms with Gasteiger partial charge in [-0.3, -0.25) is 4.57 Å². The molecule has 0 fully saturated rings. The maximum absolute atomic E-state index is 13.5. The first-order chi connectivity index (χ1) is 10.2. The Hall–Kier alpha value is -2.07. The maximum Gasteiger partial charge on any atom is 0.146 e. The van der Waals surface area contributed by atoms with Crippen LogP contribution in [0.4, 0.5) is 4.39 Å². The minimum atomic E-state index is -0.229. The Labute approximate surface area is 126 Å². The number of nitrogens with zero attached hydrogens (tertiary/aromatic N) is 2. The molecule has 0 unspecified atom stereocenters. The van der Waals surface area contributed by atoms with Crippen molar-refractivity contribution in [3.63, 3.8) is 0 Å². The first-order valence-electron chi connectivity index (χ1n) is 6.52. The predicted octanol–water partition coefficient (Wildman–Crippen LogP) is 4.22. The Morgan fingerprint density at radius 1 is 1.29 bits per heavy atom. The average Bonchev–Trinajstić information content (AvgIpc) is 2.88. The molecule has 0 atom stereocenters. The number of hydrogen-bond acceptors (Lipinski definition) is 2. The molecule has 1 aromatic heterocycles. The van der Waals surface area contributed by atoms with Crippen molar-refractivity contribution < 1.29 is 9.13 Å². The summed E-state index contributed by atoms with van der Waals surface area (Å²) in [5.74, 6) is 1.42. The molecule has 21 heavy (non-hydrogen) atoms. The number of benzene rings is 2. The Bertz CT molecular complexity index is 813. The Kier molecular flexibility index (Phi) is 3.55. The Morgan fingerprint density at radius 3 is 2.76 bits per heavy atom. The summed E-state index contributed by atoms with van der Waals surface area (Å²) in [6.45, 7) is 1.74. The number of para-hydroxylation sites is 1. The third kappa shape index (κ3) is 2.25. The zero-order valence-corrected chi connectivity index (χ0v) is 12.5. The molecule has 3 rings (SSSR count). The molecule has 3 aromatic rings. The summed E-state index contributed by atoms with van der Waals surface area (Å²) >= 11 is 6.02. The van der Waals surface area contributed by atoms with Crippen LogP contribution in [0.1, 0.15) is 11.4 Å². The molecule has 0 bridgehead atoms. The van der Waals surface area contributed by atoms with E-state index in [-0.39, 0.29) is 11.7 Å². The number of halogens is 2. The molecule has 0 aliphatic carbocycles. The van der Waals surface area contributed by atoms with E-state index in [1.807, 2.05) is 22.8 Å². The lowest BCUT2D eigenvalue weighted by molar-refractivity contribution is 0.419. The van der Waals surface area contributed by atoms with Gasteiger partial charge < -0.3 is 4.74 Å². The van der Waals surface area contributed by atoms with Crippen molar-refractivity contribution >= 4 is 22.6 Å². The highest BCUT2D eigenvalue weighted by Crippen LogP contribution is 2.29. The van der Waals surface area contributed by atoms with Gasteiger partial charge >= 0.3 is 0 Å². The van der Waals surface area contributed by atoms with Crippen LogP contribution in [0.15, 0.2) is 36.4 Å². The number of hydrogen-bond donors (Lipinski definition) is 0. The SMILES string of the molecule is COc1cccc2c1nc(CCl)n2-c1ccc(F)c(C)c1. The van der Waals surface area contributed by atoms with Gasteiger partial charge in [-0.2, -0.15) is 0 Å². The van der Waals surface area contributed by atoms with Crippen LogP contribution in [0.25, 0.3) is 16.7 Å². The lowest BCUT2D eigenvalue weighted by atomic mass is 10.2. The molecule has 0 radical (unpaired) electrons. The van der Waals surface area contributed by atoms with Crippen molar-refractivity contribution in [2.45, 2.75) is 12.8 Å². The van der Waals surface area contributed by atoms with Crippen LogP contribution < -0.4 is 4.74 Å². The van der Waals surface area contributed by atoms with Crippen molar-refractivity contribution in [1.29, 1.82) is 0 Å². The van der Waals surface area contributed by atoms with Gasteiger partial charge in [0.15, 0.2) is 0 Å². The van der Waals surface area contributed by atoms with Crippen molar-refractivity contribution in [2.75, 3.05) is 7.11 Å². The first-order valence-corrected chi connectivity index (χ1v) is 7.06. The van der Waals surface area contributed by atoms with Crippen LogP contribution in [0.2, 0.25) is 0 Å². The summed E-state index contributed by atoms with van der Waals surface area (Å²) in [6, 6.07) is 10.7. The predicted molar refractivity (Wildman–Crippen MR) is 81.9 cm³/mol. The molecule has 0 spiro atoms. The topological polar surface area (TPSA) is 27.1 Å². The largest absolute Gasteiger partial charge is 0.494 e. The van der Waals surface area contributed by atoms with Crippen LogP contribution in [0.5, 0.6) is 5.75 Å². The third-order valence-electron chi connectivity index (χ3n) is 3.46. The van der Waals surface area contributed by atoms with Gasteiger partial charge in [-0.05, 0) is 42.8 Å². The highest BCUT2D eigenvalue weighted by molar-refractivity contribution is 6.17. The van der Waals surface area contributed by atoms with E-state index in [1.165, 1.54) is 6.07 Å². The zero-order chi connectivity index (χ0) is 15.0. The van der Waals surface area contributed by atoms with E-state index < -0.39 is 0 Å². The summed E-state index contributed by atoms with van der Waals surface area (Å²) < 4.78 is 20.8. The Morgan fingerprint density at radius 2 is 2.10 bits per heavy atom. The number of aryl methyl sites for hydroxylation is 1. The van der Waals surface area contributed by atoms with Crippen LogP contribution in [0.3, 0.4) is 0 Å². The normalized spacial score (nSPS) is 11.0. The molecule has 0 aliphatic rings. The molecule has 2 aromatic carbocycles. The summed E-state index contributed by atoms with van der Waals surface area (Å²) in [4.78, 5) is 4.54. The first kappa shape index (κ1) is 13.9. The van der Waals surface area contributed by atoms with Gasteiger partial charge in [-0.15, -0.1) is 11.6 Å². The molecule has 5 heteroatoms. The van der Waals surface area contributed by atoms with E-state index in [9.17, 15) is 4.39 Å². The minimum absolute atomic E-state index is 0.229. The lowest BCUT2D eigenvalue weighted by Crippen LogP contribution is -2.00. The second-order valence-corrected chi connectivity index (χ2v) is 5.03. The molecule has 108 valence electrons. The van der Waals surface area contributed by atoms with Gasteiger partial charge in [0.1, 0.15) is 22.9 Å². The van der Waals surface area contributed by atoms with E-state index in [2.05, 4.69) is 4.98 Å². The fourth-order valence-corrected chi connectivity index (χ4v) is 2.61. The number of alkyl halides is 1. The van der Waals surface area contributed by atoms with Crippen molar-refractivity contribution in [1.82, 2.24) is 9.55 Å². The summed E-state index contributed by atoms with van der Waals surface area (Å²) in [5, 5.41) is 0. The minimum Gasteiger partial charge on any atom is -0.494 e. The van der Waals surface area contributed by atoms with Crippen molar-refractivity contribution in [3.05, 3.63) is 53.6 Å². The number of rotatable bonds is 3. The van der Waals surface area contributed by atoms with E-state index in [1.54, 1.807) is 26.2 Å². The van der Waals surface area contributed by atoms with Crippen molar-refractivity contribution in [3.8, 4) is 11.4 Å². The fourth-order valence-electron chi connectivity index (χ4n) is 2.43. The molecule has 0 N–H and O–H groups in total. The van der Waals surface area contributed by atoms with Gasteiger partial charge in [-0.25, -0.2) is 9.37 Å². The van der Waals surface area contributed by atoms with E-state index in [0.717, 1.165) is 16.7 Å². The molecule has 0 saturated heterocycles. The van der Waals surface area contributed by atoms with Gasteiger partial charge in [-0.1, -0.05) is 6.07 Å².